The summed E-state index contributed by atoms with van der Waals surface area (Å²) in [6.07, 6.45) is 6.24. The van der Waals surface area contributed by atoms with Crippen LogP contribution >= 0.6 is 0 Å². The van der Waals surface area contributed by atoms with Crippen molar-refractivity contribution in [3.8, 4) is 0 Å². The van der Waals surface area contributed by atoms with Gasteiger partial charge >= 0.3 is 0 Å². The van der Waals surface area contributed by atoms with Crippen LogP contribution in [0, 0.1) is 0 Å². The van der Waals surface area contributed by atoms with E-state index in [1.165, 1.54) is 0 Å². The van der Waals surface area contributed by atoms with Crippen molar-refractivity contribution in [3.05, 3.63) is 60.3 Å². The normalized spacial score (nSPS) is 10.8. The van der Waals surface area contributed by atoms with Crippen LogP contribution in [-0.4, -0.2) is 20.3 Å². The van der Waals surface area contributed by atoms with Gasteiger partial charge in [-0.25, -0.2) is 4.98 Å². The average Bonchev–Trinajstić information content (AvgIpc) is 2.94. The summed E-state index contributed by atoms with van der Waals surface area (Å²) in [5, 5.41) is 0.965. The molecule has 4 heteroatoms. The number of imidazole rings is 1. The van der Waals surface area contributed by atoms with E-state index < -0.39 is 0 Å². The zero-order valence-electron chi connectivity index (χ0n) is 11.3. The molecule has 0 aliphatic carbocycles. The van der Waals surface area contributed by atoms with E-state index in [-0.39, 0.29) is 5.78 Å². The first-order valence-electron chi connectivity index (χ1n) is 6.70. The molecule has 0 unspecified atom stereocenters. The highest BCUT2D eigenvalue weighted by molar-refractivity contribution is 6.08. The molecule has 0 saturated carbocycles. The lowest BCUT2D eigenvalue weighted by molar-refractivity contribution is 0.102. The van der Waals surface area contributed by atoms with Crippen molar-refractivity contribution < 1.29 is 4.79 Å². The van der Waals surface area contributed by atoms with E-state index in [2.05, 4.69) is 16.9 Å². The van der Waals surface area contributed by atoms with Crippen LogP contribution in [0.15, 0.2) is 48.9 Å². The fraction of sp³-hybridized carbons (Fsp3) is 0.188. The molecule has 0 spiro atoms. The minimum absolute atomic E-state index is 0.0470. The number of pyridine rings is 1. The molecule has 0 aliphatic heterocycles. The molecule has 4 nitrogen and oxygen atoms in total. The Morgan fingerprint density at radius 3 is 2.95 bits per heavy atom. The number of carbonyl (C=O) groups excluding carboxylic acids is 1. The number of aryl methyl sites for hydroxylation is 1. The summed E-state index contributed by atoms with van der Waals surface area (Å²) in [6, 6.07) is 9.38. The van der Waals surface area contributed by atoms with Crippen molar-refractivity contribution in [3.63, 3.8) is 0 Å². The third-order valence-corrected chi connectivity index (χ3v) is 3.25. The topological polar surface area (TPSA) is 47.8 Å². The van der Waals surface area contributed by atoms with Gasteiger partial charge in [0.05, 0.1) is 5.52 Å². The van der Waals surface area contributed by atoms with E-state index in [0.717, 1.165) is 23.9 Å². The molecule has 0 N–H and O–H groups in total. The summed E-state index contributed by atoms with van der Waals surface area (Å²) >= 11 is 0. The van der Waals surface area contributed by atoms with Crippen molar-refractivity contribution in [2.24, 2.45) is 0 Å². The zero-order chi connectivity index (χ0) is 13.9. The number of fused-ring (bicyclic) bond motifs is 1. The quantitative estimate of drug-likeness (QED) is 0.681. The highest BCUT2D eigenvalue weighted by Crippen LogP contribution is 2.16. The molecule has 0 atom stereocenters. The molecule has 20 heavy (non-hydrogen) atoms. The van der Waals surface area contributed by atoms with Gasteiger partial charge in [-0.05, 0) is 30.7 Å². The molecule has 3 aromatic rings. The maximum absolute atomic E-state index is 12.5. The minimum atomic E-state index is -0.0470. The van der Waals surface area contributed by atoms with Crippen molar-refractivity contribution in [2.75, 3.05) is 0 Å². The highest BCUT2D eigenvalue weighted by atomic mass is 16.1. The van der Waals surface area contributed by atoms with Crippen molar-refractivity contribution in [2.45, 2.75) is 19.9 Å². The fourth-order valence-electron chi connectivity index (χ4n) is 2.29. The third-order valence-electron chi connectivity index (χ3n) is 3.25. The van der Waals surface area contributed by atoms with Gasteiger partial charge in [0.2, 0.25) is 5.78 Å². The number of carbonyl (C=O) groups is 1. The van der Waals surface area contributed by atoms with Gasteiger partial charge in [-0.1, -0.05) is 13.0 Å². The summed E-state index contributed by atoms with van der Waals surface area (Å²) in [4.78, 5) is 21.0. The molecule has 0 radical (unpaired) electrons. The molecule has 0 fully saturated rings. The van der Waals surface area contributed by atoms with Gasteiger partial charge in [0.1, 0.15) is 0 Å². The summed E-state index contributed by atoms with van der Waals surface area (Å²) in [5.41, 5.74) is 1.54. The summed E-state index contributed by atoms with van der Waals surface area (Å²) in [6.45, 7) is 2.88. The lowest BCUT2D eigenvalue weighted by Gasteiger charge is -2.06. The van der Waals surface area contributed by atoms with Gasteiger partial charge < -0.3 is 4.57 Å². The smallest absolute Gasteiger partial charge is 0.228 e. The first-order valence-corrected chi connectivity index (χ1v) is 6.70. The van der Waals surface area contributed by atoms with Crippen molar-refractivity contribution in [1.29, 1.82) is 0 Å². The molecule has 0 saturated heterocycles. The molecule has 100 valence electrons. The Labute approximate surface area is 117 Å². The molecule has 0 aliphatic rings. The molecular formula is C16H15N3O. The van der Waals surface area contributed by atoms with E-state index >= 15 is 0 Å². The number of aromatic nitrogens is 3. The monoisotopic (exact) mass is 265 g/mol. The van der Waals surface area contributed by atoms with Crippen molar-refractivity contribution in [1.82, 2.24) is 14.5 Å². The molecule has 0 amide bonds. The Morgan fingerprint density at radius 2 is 2.10 bits per heavy atom. The lowest BCUT2D eigenvalue weighted by atomic mass is 10.1. The van der Waals surface area contributed by atoms with Crippen LogP contribution < -0.4 is 0 Å². The maximum atomic E-state index is 12.5. The van der Waals surface area contributed by atoms with Gasteiger partial charge in [-0.15, -0.1) is 0 Å². The van der Waals surface area contributed by atoms with E-state index in [1.54, 1.807) is 12.4 Å². The van der Waals surface area contributed by atoms with Crippen molar-refractivity contribution >= 4 is 16.7 Å². The van der Waals surface area contributed by atoms with Gasteiger partial charge in [-0.2, -0.15) is 0 Å². The molecule has 0 bridgehead atoms. The average molecular weight is 265 g/mol. The number of nitrogens with zero attached hydrogens (tertiary/aromatic N) is 3. The Balaban J connectivity index is 2.01. The van der Waals surface area contributed by atoms with Gasteiger partial charge in [0.15, 0.2) is 5.82 Å². The first kappa shape index (κ1) is 12.5. The van der Waals surface area contributed by atoms with E-state index in [0.29, 0.717) is 11.4 Å². The standard InChI is InChI=1S/C16H15N3O/c1-2-9-19-10-8-18-16(19)15(20)13-5-6-14-12(11-13)4-3-7-17-14/h3-8,10-11H,2,9H2,1H3. The van der Waals surface area contributed by atoms with Crippen LogP contribution in [0.25, 0.3) is 10.9 Å². The second kappa shape index (κ2) is 5.25. The van der Waals surface area contributed by atoms with Gasteiger partial charge in [-0.3, -0.25) is 9.78 Å². The largest absolute Gasteiger partial charge is 0.328 e. The number of hydrogen-bond acceptors (Lipinski definition) is 3. The van der Waals surface area contributed by atoms with Crippen LogP contribution in [0.3, 0.4) is 0 Å². The minimum Gasteiger partial charge on any atom is -0.328 e. The summed E-state index contributed by atoms with van der Waals surface area (Å²) in [7, 11) is 0. The number of ketones is 1. The molecule has 2 heterocycles. The van der Waals surface area contributed by atoms with Gasteiger partial charge in [0.25, 0.3) is 0 Å². The zero-order valence-corrected chi connectivity index (χ0v) is 11.3. The SMILES string of the molecule is CCCn1ccnc1C(=O)c1ccc2ncccc2c1. The summed E-state index contributed by atoms with van der Waals surface area (Å²) in [5.74, 6) is 0.448. The Morgan fingerprint density at radius 1 is 1.20 bits per heavy atom. The third kappa shape index (κ3) is 2.20. The second-order valence-corrected chi connectivity index (χ2v) is 4.68. The number of hydrogen-bond donors (Lipinski definition) is 0. The van der Waals surface area contributed by atoms with E-state index in [9.17, 15) is 4.79 Å². The lowest BCUT2D eigenvalue weighted by Crippen LogP contribution is -2.11. The molecule has 3 rings (SSSR count). The van der Waals surface area contributed by atoms with Crippen LogP contribution in [0.2, 0.25) is 0 Å². The van der Waals surface area contributed by atoms with E-state index in [4.69, 9.17) is 0 Å². The Hall–Kier alpha value is -2.49. The fourth-order valence-corrected chi connectivity index (χ4v) is 2.29. The van der Waals surface area contributed by atoms with Gasteiger partial charge in [0, 0.05) is 36.1 Å². The first-order chi connectivity index (χ1) is 9.79. The molecule has 2 aromatic heterocycles. The Bertz CT molecular complexity index is 761. The predicted molar refractivity (Wildman–Crippen MR) is 77.7 cm³/mol. The predicted octanol–water partition coefficient (Wildman–Crippen LogP) is 3.07. The van der Waals surface area contributed by atoms with Crippen LogP contribution in [-0.2, 0) is 6.54 Å². The Kier molecular flexibility index (Phi) is 3.29. The number of benzene rings is 1. The van der Waals surface area contributed by atoms with Crippen LogP contribution in [0.4, 0.5) is 0 Å². The molecular weight excluding hydrogens is 250 g/mol. The van der Waals surface area contributed by atoms with E-state index in [1.807, 2.05) is 41.1 Å². The maximum Gasteiger partial charge on any atom is 0.228 e. The highest BCUT2D eigenvalue weighted by Gasteiger charge is 2.15. The number of rotatable bonds is 4. The second-order valence-electron chi connectivity index (χ2n) is 4.68. The van der Waals surface area contributed by atoms with Crippen LogP contribution in [0.1, 0.15) is 29.5 Å². The molecule has 1 aromatic carbocycles. The summed E-state index contributed by atoms with van der Waals surface area (Å²) < 4.78 is 1.90. The van der Waals surface area contributed by atoms with Crippen LogP contribution in [0.5, 0.6) is 0 Å².